The van der Waals surface area contributed by atoms with Crippen LogP contribution in [0.25, 0.3) is 11.5 Å². The number of aromatic nitrogens is 5. The fourth-order valence-corrected chi connectivity index (χ4v) is 4.27. The Morgan fingerprint density at radius 1 is 1.22 bits per heavy atom. The largest absolute Gasteiger partial charge is 0.410 e. The molecule has 0 radical (unpaired) electrons. The Hall–Kier alpha value is -2.62. The zero-order valence-electron chi connectivity index (χ0n) is 18.3. The van der Waals surface area contributed by atoms with Crippen LogP contribution in [-0.4, -0.2) is 30.7 Å². The summed E-state index contributed by atoms with van der Waals surface area (Å²) >= 11 is 5.30. The maximum absolute atomic E-state index is 14.0. The highest BCUT2D eigenvalue weighted by molar-refractivity contribution is 7.71. The second kappa shape index (κ2) is 8.73. The van der Waals surface area contributed by atoms with E-state index < -0.39 is 18.3 Å². The van der Waals surface area contributed by atoms with E-state index in [0.29, 0.717) is 34.6 Å². The predicted molar refractivity (Wildman–Crippen MR) is 120 cm³/mol. The lowest BCUT2D eigenvalue weighted by atomic mass is 9.94. The van der Waals surface area contributed by atoms with Crippen LogP contribution in [0.2, 0.25) is 0 Å². The number of halogens is 3. The SMILES string of the molecule is CCCCn1c(-c2cc3n(n2)[C@H](C(F)(F)F)C[C@@H](c2ccc(C(C)C)cc2)N3)n[nH]c1=S. The highest BCUT2D eigenvalue weighted by Crippen LogP contribution is 2.44. The standard InChI is InChI=1S/C22H27F3N6S/c1-4-5-10-30-20(27-28-21(30)32)17-12-19-26-16(11-18(22(23,24)25)31(19)29-17)15-8-6-14(7-9-15)13(2)3/h6-9,12-13,16,18,26H,4-5,10-11H2,1-3H3,(H,28,32)/t16-,18-/m0/s1. The summed E-state index contributed by atoms with van der Waals surface area (Å²) in [6, 6.07) is 7.20. The van der Waals surface area contributed by atoms with E-state index in [1.165, 1.54) is 0 Å². The first-order valence-corrected chi connectivity index (χ1v) is 11.3. The van der Waals surface area contributed by atoms with Crippen molar-refractivity contribution in [2.45, 2.75) is 70.8 Å². The highest BCUT2D eigenvalue weighted by atomic mass is 32.1. The third kappa shape index (κ3) is 4.32. The highest BCUT2D eigenvalue weighted by Gasteiger charge is 2.46. The van der Waals surface area contributed by atoms with Crippen molar-refractivity contribution in [2.24, 2.45) is 0 Å². The Kier molecular flexibility index (Phi) is 6.15. The van der Waals surface area contributed by atoms with Gasteiger partial charge in [0.1, 0.15) is 11.5 Å². The van der Waals surface area contributed by atoms with E-state index in [1.807, 2.05) is 24.3 Å². The van der Waals surface area contributed by atoms with Gasteiger partial charge in [-0.2, -0.15) is 23.4 Å². The van der Waals surface area contributed by atoms with Crippen molar-refractivity contribution >= 4 is 18.0 Å². The minimum Gasteiger partial charge on any atom is -0.363 e. The number of benzene rings is 1. The molecule has 172 valence electrons. The van der Waals surface area contributed by atoms with E-state index in [9.17, 15) is 13.2 Å². The number of fused-ring (bicyclic) bond motifs is 1. The van der Waals surface area contributed by atoms with Crippen LogP contribution in [0.15, 0.2) is 30.3 Å². The van der Waals surface area contributed by atoms with Crippen LogP contribution in [0.3, 0.4) is 0 Å². The van der Waals surface area contributed by atoms with Gasteiger partial charge < -0.3 is 5.32 Å². The second-order valence-corrected chi connectivity index (χ2v) is 8.92. The Bertz CT molecular complexity index is 1130. The molecule has 10 heteroatoms. The summed E-state index contributed by atoms with van der Waals surface area (Å²) in [5, 5.41) is 14.5. The number of H-pyrrole nitrogens is 1. The lowest BCUT2D eigenvalue weighted by Crippen LogP contribution is -2.35. The molecule has 4 rings (SSSR count). The molecule has 2 N–H and O–H groups in total. The smallest absolute Gasteiger partial charge is 0.363 e. The Labute approximate surface area is 189 Å². The molecule has 6 nitrogen and oxygen atoms in total. The molecule has 0 saturated carbocycles. The predicted octanol–water partition coefficient (Wildman–Crippen LogP) is 6.39. The van der Waals surface area contributed by atoms with E-state index in [2.05, 4.69) is 41.4 Å². The average Bonchev–Trinajstić information content (AvgIpc) is 3.33. The summed E-state index contributed by atoms with van der Waals surface area (Å²) in [6.07, 6.45) is -2.72. The minimum atomic E-state index is -4.43. The van der Waals surface area contributed by atoms with Crippen LogP contribution in [0.1, 0.15) is 69.2 Å². The topological polar surface area (TPSA) is 63.5 Å². The zero-order valence-corrected chi connectivity index (χ0v) is 19.1. The number of nitrogens with zero attached hydrogens (tertiary/aromatic N) is 4. The third-order valence-corrected chi connectivity index (χ3v) is 6.23. The maximum atomic E-state index is 14.0. The van der Waals surface area contributed by atoms with E-state index >= 15 is 0 Å². The van der Waals surface area contributed by atoms with Crippen molar-refractivity contribution in [2.75, 3.05) is 5.32 Å². The lowest BCUT2D eigenvalue weighted by Gasteiger charge is -2.33. The molecule has 0 saturated heterocycles. The van der Waals surface area contributed by atoms with Gasteiger partial charge in [0.05, 0.1) is 6.04 Å². The van der Waals surface area contributed by atoms with E-state index in [0.717, 1.165) is 28.7 Å². The second-order valence-electron chi connectivity index (χ2n) is 8.53. The summed E-state index contributed by atoms with van der Waals surface area (Å²) in [4.78, 5) is 0. The molecule has 0 aliphatic carbocycles. The molecule has 2 aromatic heterocycles. The molecule has 1 aromatic carbocycles. The molecule has 3 heterocycles. The summed E-state index contributed by atoms with van der Waals surface area (Å²) in [7, 11) is 0. The zero-order chi connectivity index (χ0) is 23.0. The van der Waals surface area contributed by atoms with Gasteiger partial charge in [0.2, 0.25) is 0 Å². The van der Waals surface area contributed by atoms with E-state index in [1.54, 1.807) is 10.6 Å². The molecule has 1 aliphatic rings. The van der Waals surface area contributed by atoms with Crippen LogP contribution >= 0.6 is 12.2 Å². The van der Waals surface area contributed by atoms with E-state index in [4.69, 9.17) is 12.2 Å². The number of nitrogens with one attached hydrogen (secondary N) is 2. The normalized spacial score (nSPS) is 18.6. The maximum Gasteiger partial charge on any atom is 0.410 e. The number of rotatable bonds is 6. The van der Waals surface area contributed by atoms with Gasteiger partial charge in [0.15, 0.2) is 16.6 Å². The first kappa shape index (κ1) is 22.6. The van der Waals surface area contributed by atoms with Crippen molar-refractivity contribution in [1.29, 1.82) is 0 Å². The van der Waals surface area contributed by atoms with Gasteiger partial charge in [-0.25, -0.2) is 4.68 Å². The fourth-order valence-electron chi connectivity index (χ4n) is 4.05. The fraction of sp³-hybridized carbons (Fsp3) is 0.500. The summed E-state index contributed by atoms with van der Waals surface area (Å²) < 4.78 is 45.3. The quantitative estimate of drug-likeness (QED) is 0.415. The molecule has 0 fully saturated rings. The molecule has 3 aromatic rings. The summed E-state index contributed by atoms with van der Waals surface area (Å²) in [6.45, 7) is 6.86. The molecule has 2 atom stereocenters. The number of anilines is 1. The number of alkyl halides is 3. The monoisotopic (exact) mass is 464 g/mol. The van der Waals surface area contributed by atoms with Crippen molar-refractivity contribution in [3.63, 3.8) is 0 Å². The number of unbranched alkanes of at least 4 members (excludes halogenated alkanes) is 1. The Morgan fingerprint density at radius 2 is 1.94 bits per heavy atom. The first-order valence-electron chi connectivity index (χ1n) is 10.9. The third-order valence-electron chi connectivity index (χ3n) is 5.92. The van der Waals surface area contributed by atoms with Gasteiger partial charge in [-0.1, -0.05) is 51.5 Å². The lowest BCUT2D eigenvalue weighted by molar-refractivity contribution is -0.173. The molecule has 32 heavy (non-hydrogen) atoms. The van der Waals surface area contributed by atoms with Gasteiger partial charge >= 0.3 is 6.18 Å². The molecule has 0 bridgehead atoms. The van der Waals surface area contributed by atoms with Crippen LogP contribution in [0, 0.1) is 4.77 Å². The Morgan fingerprint density at radius 3 is 2.56 bits per heavy atom. The van der Waals surface area contributed by atoms with Gasteiger partial charge in [-0.3, -0.25) is 9.67 Å². The van der Waals surface area contributed by atoms with Crippen LogP contribution in [0.4, 0.5) is 19.0 Å². The van der Waals surface area contributed by atoms with Crippen molar-refractivity contribution < 1.29 is 13.2 Å². The van der Waals surface area contributed by atoms with Crippen molar-refractivity contribution in [3.8, 4) is 11.5 Å². The number of hydrogen-bond acceptors (Lipinski definition) is 4. The van der Waals surface area contributed by atoms with Gasteiger partial charge in [0, 0.05) is 19.0 Å². The summed E-state index contributed by atoms with van der Waals surface area (Å²) in [5.41, 5.74) is 2.34. The van der Waals surface area contributed by atoms with Crippen molar-refractivity contribution in [1.82, 2.24) is 24.5 Å². The average molecular weight is 465 g/mol. The minimum absolute atomic E-state index is 0.138. The molecule has 0 amide bonds. The van der Waals surface area contributed by atoms with Crippen LogP contribution in [0.5, 0.6) is 0 Å². The van der Waals surface area contributed by atoms with Crippen LogP contribution < -0.4 is 5.32 Å². The molecular formula is C22H27F3N6S. The number of hydrogen-bond donors (Lipinski definition) is 2. The van der Waals surface area contributed by atoms with E-state index in [-0.39, 0.29) is 6.42 Å². The van der Waals surface area contributed by atoms with Gasteiger partial charge in [-0.15, -0.1) is 0 Å². The molecule has 0 spiro atoms. The number of aromatic amines is 1. The molecular weight excluding hydrogens is 437 g/mol. The van der Waals surface area contributed by atoms with Crippen LogP contribution in [-0.2, 0) is 6.54 Å². The molecule has 1 aliphatic heterocycles. The molecule has 0 unspecified atom stereocenters. The van der Waals surface area contributed by atoms with Crippen molar-refractivity contribution in [3.05, 3.63) is 46.2 Å². The summed E-state index contributed by atoms with van der Waals surface area (Å²) in [5.74, 6) is 1.13. The Balaban J connectivity index is 1.71. The van der Waals surface area contributed by atoms with Gasteiger partial charge in [0.25, 0.3) is 0 Å². The van der Waals surface area contributed by atoms with Gasteiger partial charge in [-0.05, 0) is 35.7 Å². The first-order chi connectivity index (χ1) is 15.2.